The van der Waals surface area contributed by atoms with Crippen molar-refractivity contribution in [3.63, 3.8) is 0 Å². The minimum Gasteiger partial charge on any atom is -0.508 e. The van der Waals surface area contributed by atoms with Crippen molar-refractivity contribution in [2.45, 2.75) is 45.6 Å². The van der Waals surface area contributed by atoms with Gasteiger partial charge >= 0.3 is 6.09 Å². The van der Waals surface area contributed by atoms with E-state index >= 15 is 0 Å². The van der Waals surface area contributed by atoms with Gasteiger partial charge in [-0.3, -0.25) is 0 Å². The third kappa shape index (κ3) is 3.44. The first-order chi connectivity index (χ1) is 9.26. The molecule has 20 heavy (non-hydrogen) atoms. The molecule has 1 aliphatic heterocycles. The maximum atomic E-state index is 12.2. The predicted molar refractivity (Wildman–Crippen MR) is 78.0 cm³/mol. The Morgan fingerprint density at radius 3 is 2.75 bits per heavy atom. The Morgan fingerprint density at radius 1 is 1.40 bits per heavy atom. The van der Waals surface area contributed by atoms with E-state index in [0.717, 1.165) is 12.0 Å². The van der Waals surface area contributed by atoms with E-state index < -0.39 is 5.60 Å². The molecule has 0 aromatic heterocycles. The van der Waals surface area contributed by atoms with Gasteiger partial charge in [-0.2, -0.15) is 0 Å². The number of ether oxygens (including phenoxy) is 1. The van der Waals surface area contributed by atoms with Crippen LogP contribution in [0.3, 0.4) is 0 Å². The van der Waals surface area contributed by atoms with Crippen molar-refractivity contribution in [1.82, 2.24) is 4.90 Å². The Morgan fingerprint density at radius 2 is 2.10 bits per heavy atom. The van der Waals surface area contributed by atoms with E-state index in [0.29, 0.717) is 13.1 Å². The number of hydrogen-bond acceptors (Lipinski definition) is 3. The van der Waals surface area contributed by atoms with E-state index in [4.69, 9.17) is 4.74 Å². The van der Waals surface area contributed by atoms with Crippen LogP contribution >= 0.6 is 0 Å². The summed E-state index contributed by atoms with van der Waals surface area (Å²) in [6.07, 6.45) is 0.528. The zero-order valence-electron chi connectivity index (χ0n) is 12.6. The fourth-order valence-electron chi connectivity index (χ4n) is 2.54. The summed E-state index contributed by atoms with van der Waals surface area (Å²) in [6.45, 7) is 8.96. The highest BCUT2D eigenvalue weighted by Gasteiger charge is 2.27. The van der Waals surface area contributed by atoms with E-state index in [2.05, 4.69) is 6.92 Å². The van der Waals surface area contributed by atoms with Crippen LogP contribution in [0.1, 0.15) is 44.7 Å². The number of rotatable bonds is 0. The molecule has 1 atom stereocenters. The quantitative estimate of drug-likeness (QED) is 0.791. The molecule has 4 heteroatoms. The lowest BCUT2D eigenvalue weighted by molar-refractivity contribution is 0.0248. The van der Waals surface area contributed by atoms with Crippen molar-refractivity contribution in [2.24, 2.45) is 0 Å². The summed E-state index contributed by atoms with van der Waals surface area (Å²) in [7, 11) is 0. The Labute approximate surface area is 120 Å². The van der Waals surface area contributed by atoms with Crippen LogP contribution in [0.4, 0.5) is 4.79 Å². The van der Waals surface area contributed by atoms with Gasteiger partial charge in [0.2, 0.25) is 0 Å². The van der Waals surface area contributed by atoms with Crippen molar-refractivity contribution < 1.29 is 14.6 Å². The van der Waals surface area contributed by atoms with Crippen LogP contribution in [-0.2, 0) is 11.2 Å². The fourth-order valence-corrected chi connectivity index (χ4v) is 2.54. The summed E-state index contributed by atoms with van der Waals surface area (Å²) < 4.78 is 5.44. The minimum absolute atomic E-state index is 0.187. The number of hydrogen-bond donors (Lipinski definition) is 1. The zero-order chi connectivity index (χ0) is 14.9. The molecule has 0 bridgehead atoms. The summed E-state index contributed by atoms with van der Waals surface area (Å²) in [6, 6.07) is 5.45. The smallest absolute Gasteiger partial charge is 0.410 e. The van der Waals surface area contributed by atoms with E-state index in [1.54, 1.807) is 17.0 Å². The lowest BCUT2D eigenvalue weighted by Crippen LogP contribution is -2.38. The van der Waals surface area contributed by atoms with Gasteiger partial charge in [0.25, 0.3) is 0 Å². The van der Waals surface area contributed by atoms with Crippen LogP contribution < -0.4 is 0 Å². The van der Waals surface area contributed by atoms with Crippen LogP contribution in [0.25, 0.3) is 0 Å². The Bertz CT molecular complexity index is 505. The van der Waals surface area contributed by atoms with Crippen LogP contribution in [-0.4, -0.2) is 34.8 Å². The minimum atomic E-state index is -0.474. The molecule has 0 saturated heterocycles. The first-order valence-electron chi connectivity index (χ1n) is 7.06. The average molecular weight is 277 g/mol. The third-order valence-electron chi connectivity index (χ3n) is 3.46. The van der Waals surface area contributed by atoms with Crippen molar-refractivity contribution in [1.29, 1.82) is 0 Å². The molecule has 0 spiro atoms. The van der Waals surface area contributed by atoms with Gasteiger partial charge in [0.1, 0.15) is 11.4 Å². The molecular weight excluding hydrogens is 254 g/mol. The number of phenolic OH excluding ortho intramolecular Hbond substituents is 1. The lowest BCUT2D eigenvalue weighted by atomic mass is 9.95. The molecular formula is C16H23NO3. The molecule has 1 amide bonds. The molecule has 0 aliphatic carbocycles. The number of phenols is 1. The van der Waals surface area contributed by atoms with Crippen LogP contribution in [0.2, 0.25) is 0 Å². The Balaban J connectivity index is 2.15. The van der Waals surface area contributed by atoms with E-state index in [1.165, 1.54) is 5.56 Å². The second-order valence-electron chi connectivity index (χ2n) is 6.46. The topological polar surface area (TPSA) is 49.8 Å². The molecule has 1 N–H and O–H groups in total. The van der Waals surface area contributed by atoms with Gasteiger partial charge in [0.15, 0.2) is 0 Å². The molecule has 2 rings (SSSR count). The van der Waals surface area contributed by atoms with Gasteiger partial charge in [-0.25, -0.2) is 4.79 Å². The molecule has 0 unspecified atom stereocenters. The second-order valence-corrected chi connectivity index (χ2v) is 6.46. The number of fused-ring (bicyclic) bond motifs is 1. The van der Waals surface area contributed by atoms with E-state index in [9.17, 15) is 9.90 Å². The highest BCUT2D eigenvalue weighted by Crippen LogP contribution is 2.29. The van der Waals surface area contributed by atoms with Gasteiger partial charge in [-0.05, 0) is 56.4 Å². The summed E-state index contributed by atoms with van der Waals surface area (Å²) in [5.41, 5.74) is 1.84. The number of aromatic hydroxyl groups is 1. The van der Waals surface area contributed by atoms with Crippen LogP contribution in [0, 0.1) is 0 Å². The molecule has 1 aromatic rings. The molecule has 1 aliphatic rings. The van der Waals surface area contributed by atoms with Crippen molar-refractivity contribution >= 4 is 6.09 Å². The van der Waals surface area contributed by atoms with Crippen molar-refractivity contribution in [2.75, 3.05) is 13.1 Å². The fraction of sp³-hybridized carbons (Fsp3) is 0.562. The monoisotopic (exact) mass is 277 g/mol. The largest absolute Gasteiger partial charge is 0.508 e. The second kappa shape index (κ2) is 5.35. The lowest BCUT2D eigenvalue weighted by Gasteiger charge is -2.27. The molecule has 1 aromatic carbocycles. The molecule has 0 fully saturated rings. The maximum absolute atomic E-state index is 12.2. The highest BCUT2D eigenvalue weighted by molar-refractivity contribution is 5.68. The number of amides is 1. The first kappa shape index (κ1) is 14.7. The molecule has 4 nitrogen and oxygen atoms in total. The normalized spacial score (nSPS) is 19.2. The summed E-state index contributed by atoms with van der Waals surface area (Å²) in [4.78, 5) is 13.9. The first-order valence-corrected chi connectivity index (χ1v) is 7.06. The summed E-state index contributed by atoms with van der Waals surface area (Å²) >= 11 is 0. The summed E-state index contributed by atoms with van der Waals surface area (Å²) in [5.74, 6) is 0.466. The number of benzene rings is 1. The number of carbonyl (C=O) groups excluding carboxylic acids is 1. The molecule has 110 valence electrons. The predicted octanol–water partition coefficient (Wildman–Crippen LogP) is 3.29. The highest BCUT2D eigenvalue weighted by atomic mass is 16.6. The van der Waals surface area contributed by atoms with Gasteiger partial charge in [-0.15, -0.1) is 0 Å². The maximum Gasteiger partial charge on any atom is 0.410 e. The molecule has 0 radical (unpaired) electrons. The third-order valence-corrected chi connectivity index (χ3v) is 3.46. The Hall–Kier alpha value is -1.71. The average Bonchev–Trinajstić information content (AvgIpc) is 2.47. The van der Waals surface area contributed by atoms with E-state index in [-0.39, 0.29) is 17.8 Å². The molecule has 1 heterocycles. The Kier molecular flexibility index (Phi) is 3.93. The number of carbonyl (C=O) groups is 1. The van der Waals surface area contributed by atoms with Crippen LogP contribution in [0.15, 0.2) is 18.2 Å². The standard InChI is InChI=1S/C16H23NO3/c1-11-10-17(15(19)20-16(2,3)4)8-7-12-5-6-13(18)9-14(11)12/h5-6,9,11,18H,7-8,10H2,1-4H3/t11-/m0/s1. The zero-order valence-corrected chi connectivity index (χ0v) is 12.6. The van der Waals surface area contributed by atoms with Crippen molar-refractivity contribution in [3.05, 3.63) is 29.3 Å². The van der Waals surface area contributed by atoms with Gasteiger partial charge in [0, 0.05) is 13.1 Å². The van der Waals surface area contributed by atoms with E-state index in [1.807, 2.05) is 26.8 Å². The SMILES string of the molecule is C[C@H]1CN(C(=O)OC(C)(C)C)CCc2ccc(O)cc21. The molecule has 0 saturated carbocycles. The van der Waals surface area contributed by atoms with Gasteiger partial charge < -0.3 is 14.7 Å². The van der Waals surface area contributed by atoms with Gasteiger partial charge in [-0.1, -0.05) is 13.0 Å². The van der Waals surface area contributed by atoms with Crippen molar-refractivity contribution in [3.8, 4) is 5.75 Å². The summed E-state index contributed by atoms with van der Waals surface area (Å²) in [5, 5.41) is 9.62. The number of nitrogens with zero attached hydrogens (tertiary/aromatic N) is 1. The van der Waals surface area contributed by atoms with Gasteiger partial charge in [0.05, 0.1) is 0 Å². The van der Waals surface area contributed by atoms with Crippen LogP contribution in [0.5, 0.6) is 5.75 Å².